The summed E-state index contributed by atoms with van der Waals surface area (Å²) in [4.78, 5) is 2.43. The normalized spacial score (nSPS) is 13.1. The van der Waals surface area contributed by atoms with Gasteiger partial charge >= 0.3 is 0 Å². The molecule has 0 saturated heterocycles. The molecular formula is C42H27B2NO2. The van der Waals surface area contributed by atoms with E-state index in [0.29, 0.717) is 0 Å². The summed E-state index contributed by atoms with van der Waals surface area (Å²) in [6, 6.07) is 58.1. The highest BCUT2D eigenvalue weighted by molar-refractivity contribution is 7.02. The van der Waals surface area contributed by atoms with Crippen molar-refractivity contribution in [3.05, 3.63) is 164 Å². The summed E-state index contributed by atoms with van der Waals surface area (Å²) in [5, 5.41) is 2.21. The Hall–Kier alpha value is -5.93. The Bertz CT molecular complexity index is 2460. The number of anilines is 3. The number of furan rings is 1. The second-order valence-electron chi connectivity index (χ2n) is 12.4. The van der Waals surface area contributed by atoms with E-state index in [1.54, 1.807) is 0 Å². The van der Waals surface area contributed by atoms with E-state index >= 15 is 0 Å². The molecule has 0 saturated carbocycles. The molecule has 3 heterocycles. The van der Waals surface area contributed by atoms with Crippen LogP contribution >= 0.6 is 0 Å². The van der Waals surface area contributed by atoms with Crippen LogP contribution in [0.25, 0.3) is 21.9 Å². The summed E-state index contributed by atoms with van der Waals surface area (Å²) >= 11 is 0. The Morgan fingerprint density at radius 1 is 0.489 bits per heavy atom. The number of rotatable bonds is 3. The molecule has 8 aromatic rings. The molecule has 0 atom stereocenters. The van der Waals surface area contributed by atoms with E-state index in [9.17, 15) is 0 Å². The van der Waals surface area contributed by atoms with Crippen LogP contribution in [0.1, 0.15) is 0 Å². The predicted octanol–water partition coefficient (Wildman–Crippen LogP) is 6.51. The van der Waals surface area contributed by atoms with Crippen LogP contribution in [0.4, 0.5) is 17.1 Å². The van der Waals surface area contributed by atoms with Crippen molar-refractivity contribution in [2.75, 3.05) is 4.90 Å². The van der Waals surface area contributed by atoms with E-state index in [2.05, 4.69) is 169 Å². The van der Waals surface area contributed by atoms with Crippen molar-refractivity contribution >= 4 is 85.2 Å². The third kappa shape index (κ3) is 3.83. The molecule has 7 aromatic carbocycles. The molecule has 0 unspecified atom stereocenters. The lowest BCUT2D eigenvalue weighted by atomic mass is 9.31. The third-order valence-corrected chi connectivity index (χ3v) is 9.83. The van der Waals surface area contributed by atoms with Gasteiger partial charge in [0.1, 0.15) is 22.7 Å². The third-order valence-electron chi connectivity index (χ3n) is 9.83. The molecule has 1 aromatic heterocycles. The summed E-state index contributed by atoms with van der Waals surface area (Å²) in [7, 11) is 0. The van der Waals surface area contributed by atoms with Crippen LogP contribution in [0.3, 0.4) is 0 Å². The van der Waals surface area contributed by atoms with Crippen molar-refractivity contribution in [3.63, 3.8) is 0 Å². The fourth-order valence-electron chi connectivity index (χ4n) is 7.95. The number of nitrogens with zero attached hydrogens (tertiary/aromatic N) is 1. The molecule has 0 N–H and O–H groups in total. The number of fused-ring (bicyclic) bond motifs is 10. The second-order valence-corrected chi connectivity index (χ2v) is 12.4. The Balaban J connectivity index is 1.44. The van der Waals surface area contributed by atoms with Gasteiger partial charge in [0.25, 0.3) is 13.4 Å². The number of hydrogen-bond donors (Lipinski definition) is 0. The first kappa shape index (κ1) is 26.3. The minimum Gasteiger partial charge on any atom is -0.459 e. The summed E-state index contributed by atoms with van der Waals surface area (Å²) in [6.45, 7) is -0.154. The fraction of sp³-hybridized carbons (Fsp3) is 0. The Morgan fingerprint density at radius 2 is 1.06 bits per heavy atom. The summed E-state index contributed by atoms with van der Waals surface area (Å²) in [6.07, 6.45) is 0. The van der Waals surface area contributed by atoms with Crippen molar-refractivity contribution in [2.24, 2.45) is 0 Å². The van der Waals surface area contributed by atoms with Crippen molar-refractivity contribution < 1.29 is 9.15 Å². The maximum absolute atomic E-state index is 7.20. The number of para-hydroxylation sites is 4. The van der Waals surface area contributed by atoms with E-state index in [4.69, 9.17) is 9.15 Å². The van der Waals surface area contributed by atoms with Crippen molar-refractivity contribution in [3.8, 4) is 11.5 Å². The molecule has 0 aliphatic carbocycles. The first-order valence-electron chi connectivity index (χ1n) is 16.2. The molecule has 218 valence electrons. The van der Waals surface area contributed by atoms with Gasteiger partial charge in [0.05, 0.1) is 11.1 Å². The number of benzene rings is 7. The summed E-state index contributed by atoms with van der Waals surface area (Å²) in [5.41, 5.74) is 12.1. The van der Waals surface area contributed by atoms with Gasteiger partial charge < -0.3 is 14.1 Å². The Morgan fingerprint density at radius 3 is 1.81 bits per heavy atom. The fourth-order valence-corrected chi connectivity index (χ4v) is 7.95. The first-order chi connectivity index (χ1) is 23.4. The smallest absolute Gasteiger partial charge is 0.255 e. The van der Waals surface area contributed by atoms with Gasteiger partial charge in [-0.1, -0.05) is 144 Å². The largest absolute Gasteiger partial charge is 0.459 e. The van der Waals surface area contributed by atoms with E-state index in [1.807, 2.05) is 0 Å². The zero-order valence-corrected chi connectivity index (χ0v) is 25.5. The topological polar surface area (TPSA) is 25.6 Å². The molecule has 0 fully saturated rings. The molecule has 2 aliphatic heterocycles. The summed E-state index contributed by atoms with van der Waals surface area (Å²) in [5.74, 6) is 1.76. The van der Waals surface area contributed by atoms with Crippen molar-refractivity contribution in [2.45, 2.75) is 0 Å². The quantitative estimate of drug-likeness (QED) is 0.217. The zero-order chi connectivity index (χ0) is 30.9. The SMILES string of the molecule is c1ccc(B2c3ccccc3N(c3ccccc3)c3c2c2c(c4oc5ccccc5c34)B(c3ccccc3)c3ccccc3O2)cc1. The molecule has 47 heavy (non-hydrogen) atoms. The maximum atomic E-state index is 7.20. The van der Waals surface area contributed by atoms with Gasteiger partial charge in [-0.2, -0.15) is 0 Å². The van der Waals surface area contributed by atoms with Gasteiger partial charge in [0.2, 0.25) is 0 Å². The maximum Gasteiger partial charge on any atom is 0.255 e. The van der Waals surface area contributed by atoms with E-state index < -0.39 is 0 Å². The average molecular weight is 599 g/mol. The number of ether oxygens (including phenoxy) is 1. The van der Waals surface area contributed by atoms with Crippen LogP contribution in [0.5, 0.6) is 11.5 Å². The lowest BCUT2D eigenvalue weighted by Crippen LogP contribution is -2.62. The number of hydrogen-bond acceptors (Lipinski definition) is 3. The molecule has 2 aliphatic rings. The molecule has 3 nitrogen and oxygen atoms in total. The van der Waals surface area contributed by atoms with Gasteiger partial charge in [-0.15, -0.1) is 0 Å². The van der Waals surface area contributed by atoms with Crippen molar-refractivity contribution in [1.82, 2.24) is 0 Å². The minimum atomic E-state index is -0.0803. The van der Waals surface area contributed by atoms with Gasteiger partial charge in [-0.3, -0.25) is 0 Å². The van der Waals surface area contributed by atoms with Crippen LogP contribution < -0.4 is 42.4 Å². The van der Waals surface area contributed by atoms with Crippen LogP contribution in [0.15, 0.2) is 168 Å². The highest BCUT2D eigenvalue weighted by atomic mass is 16.5. The molecule has 0 amide bonds. The van der Waals surface area contributed by atoms with Crippen LogP contribution in [-0.2, 0) is 0 Å². The van der Waals surface area contributed by atoms with E-state index in [1.165, 1.54) is 16.4 Å². The molecule has 0 radical (unpaired) electrons. The van der Waals surface area contributed by atoms with E-state index in [0.717, 1.165) is 66.9 Å². The standard InChI is InChI=1S/C42H27B2NO2/c1-4-16-28(17-5-1)43-32-23-11-13-25-34(32)45(30-20-8-3-9-21-30)40-37-31-22-10-14-26-35(31)46-41(37)39-42(38(40)43)47-36-27-15-12-24-33(36)44(39)29-18-6-2-7-19-29/h1-27H. The Labute approximate surface area is 273 Å². The minimum absolute atomic E-state index is 0.0733. The van der Waals surface area contributed by atoms with Gasteiger partial charge in [-0.05, 0) is 46.7 Å². The second kappa shape index (κ2) is 10.3. The molecule has 10 rings (SSSR count). The van der Waals surface area contributed by atoms with Crippen LogP contribution in [-0.4, -0.2) is 13.4 Å². The van der Waals surface area contributed by atoms with Gasteiger partial charge in [0, 0.05) is 22.2 Å². The van der Waals surface area contributed by atoms with Gasteiger partial charge in [-0.25, -0.2) is 0 Å². The van der Waals surface area contributed by atoms with E-state index in [-0.39, 0.29) is 13.4 Å². The van der Waals surface area contributed by atoms with Gasteiger partial charge in [0.15, 0.2) is 0 Å². The molecular weight excluding hydrogens is 572 g/mol. The molecule has 0 bridgehead atoms. The zero-order valence-electron chi connectivity index (χ0n) is 25.5. The van der Waals surface area contributed by atoms with Crippen molar-refractivity contribution in [1.29, 1.82) is 0 Å². The lowest BCUT2D eigenvalue weighted by molar-refractivity contribution is 0.491. The van der Waals surface area contributed by atoms with Crippen LogP contribution in [0, 0.1) is 0 Å². The highest BCUT2D eigenvalue weighted by Crippen LogP contribution is 2.46. The molecule has 0 spiro atoms. The average Bonchev–Trinajstić information content (AvgIpc) is 3.54. The lowest BCUT2D eigenvalue weighted by Gasteiger charge is -2.40. The predicted molar refractivity (Wildman–Crippen MR) is 197 cm³/mol. The summed E-state index contributed by atoms with van der Waals surface area (Å²) < 4.78 is 14.2. The molecule has 5 heteroatoms. The van der Waals surface area contributed by atoms with Crippen LogP contribution in [0.2, 0.25) is 0 Å². The first-order valence-corrected chi connectivity index (χ1v) is 16.2. The monoisotopic (exact) mass is 599 g/mol. The highest BCUT2D eigenvalue weighted by Gasteiger charge is 2.45. The Kier molecular flexibility index (Phi) is 5.76.